The van der Waals surface area contributed by atoms with E-state index in [4.69, 9.17) is 4.43 Å². The van der Waals surface area contributed by atoms with Crippen LogP contribution in [0.3, 0.4) is 0 Å². The van der Waals surface area contributed by atoms with E-state index in [0.29, 0.717) is 6.61 Å². The Morgan fingerprint density at radius 1 is 0.958 bits per heavy atom. The van der Waals surface area contributed by atoms with Gasteiger partial charge in [-0.1, -0.05) is 93.4 Å². The normalized spacial score (nSPS) is 12.0. The molecule has 0 radical (unpaired) electrons. The number of rotatable bonds is 5. The van der Waals surface area contributed by atoms with Crippen molar-refractivity contribution in [3.8, 4) is 10.8 Å². The molecule has 1 nitrogen and oxygen atoms in total. The van der Waals surface area contributed by atoms with Crippen LogP contribution >= 0.6 is 15.9 Å². The molecule has 0 unspecified atom stereocenters. The van der Waals surface area contributed by atoms with E-state index in [0.717, 1.165) is 0 Å². The molecular formula is C21H23BrOSi. The number of halogens is 1. The lowest BCUT2D eigenvalue weighted by Crippen LogP contribution is -2.66. The summed E-state index contributed by atoms with van der Waals surface area (Å²) in [7, 11) is -2.42. The van der Waals surface area contributed by atoms with Crippen molar-refractivity contribution >= 4 is 34.6 Å². The third-order valence-corrected chi connectivity index (χ3v) is 9.30. The minimum absolute atomic E-state index is 0.00461. The van der Waals surface area contributed by atoms with Gasteiger partial charge in [-0.15, -0.1) is 0 Å². The zero-order chi connectivity index (χ0) is 17.5. The van der Waals surface area contributed by atoms with Crippen LogP contribution in [0.25, 0.3) is 0 Å². The van der Waals surface area contributed by atoms with Crippen LogP contribution in [0.15, 0.2) is 72.8 Å². The second-order valence-corrected chi connectivity index (χ2v) is 11.3. The molecule has 0 saturated heterocycles. The van der Waals surface area contributed by atoms with Gasteiger partial charge >= 0.3 is 0 Å². The van der Waals surface area contributed by atoms with E-state index in [1.807, 2.05) is 12.2 Å². The molecular weight excluding hydrogens is 376 g/mol. The molecule has 2 rings (SSSR count). The molecule has 0 atom stereocenters. The second-order valence-electron chi connectivity index (χ2n) is 6.62. The highest BCUT2D eigenvalue weighted by molar-refractivity contribution is 9.12. The molecule has 0 aromatic heterocycles. The van der Waals surface area contributed by atoms with Crippen LogP contribution in [0.4, 0.5) is 0 Å². The van der Waals surface area contributed by atoms with Gasteiger partial charge in [-0.25, -0.2) is 0 Å². The van der Waals surface area contributed by atoms with Crippen LogP contribution in [0.1, 0.15) is 20.8 Å². The lowest BCUT2D eigenvalue weighted by Gasteiger charge is -2.42. The largest absolute Gasteiger partial charge is 0.404 e. The van der Waals surface area contributed by atoms with E-state index in [1.54, 1.807) is 0 Å². The van der Waals surface area contributed by atoms with Crippen LogP contribution in [0.2, 0.25) is 5.04 Å². The predicted octanol–water partition coefficient (Wildman–Crippen LogP) is 4.48. The summed E-state index contributed by atoms with van der Waals surface area (Å²) in [6.07, 6.45) is 3.81. The monoisotopic (exact) mass is 398 g/mol. The van der Waals surface area contributed by atoms with Gasteiger partial charge in [0, 0.05) is 15.9 Å². The van der Waals surface area contributed by atoms with E-state index in [9.17, 15) is 0 Å². The van der Waals surface area contributed by atoms with E-state index in [-0.39, 0.29) is 5.04 Å². The first-order valence-electron chi connectivity index (χ1n) is 8.03. The molecule has 0 aliphatic heterocycles. The first-order chi connectivity index (χ1) is 11.5. The van der Waals surface area contributed by atoms with Crippen molar-refractivity contribution in [3.63, 3.8) is 0 Å². The maximum Gasteiger partial charge on any atom is 0.261 e. The van der Waals surface area contributed by atoms with Gasteiger partial charge in [0.1, 0.15) is 0 Å². The smallest absolute Gasteiger partial charge is 0.261 e. The summed E-state index contributed by atoms with van der Waals surface area (Å²) in [5.74, 6) is 2.87. The summed E-state index contributed by atoms with van der Waals surface area (Å²) in [6, 6.07) is 21.3. The van der Waals surface area contributed by atoms with E-state index < -0.39 is 8.32 Å². The molecule has 0 saturated carbocycles. The van der Waals surface area contributed by atoms with Gasteiger partial charge < -0.3 is 4.43 Å². The van der Waals surface area contributed by atoms with Crippen molar-refractivity contribution in [2.75, 3.05) is 6.61 Å². The third-order valence-electron chi connectivity index (χ3n) is 4.07. The molecule has 124 valence electrons. The Hall–Kier alpha value is -1.60. The van der Waals surface area contributed by atoms with Crippen molar-refractivity contribution in [1.82, 2.24) is 0 Å². The highest BCUT2D eigenvalue weighted by Crippen LogP contribution is 2.36. The third kappa shape index (κ3) is 4.07. The Bertz CT molecular complexity index is 682. The lowest BCUT2D eigenvalue weighted by molar-refractivity contribution is 0.339. The van der Waals surface area contributed by atoms with E-state index >= 15 is 0 Å². The summed E-state index contributed by atoms with van der Waals surface area (Å²) in [6.45, 7) is 7.39. The van der Waals surface area contributed by atoms with Crippen LogP contribution in [0.5, 0.6) is 0 Å². The predicted molar refractivity (Wildman–Crippen MR) is 109 cm³/mol. The molecule has 0 bridgehead atoms. The first-order valence-corrected chi connectivity index (χ1v) is 10.7. The number of hydrogen-bond acceptors (Lipinski definition) is 1. The van der Waals surface area contributed by atoms with Crippen LogP contribution in [-0.4, -0.2) is 14.9 Å². The molecule has 2 aromatic carbocycles. The number of allylic oxidation sites excluding steroid dienone is 1. The van der Waals surface area contributed by atoms with Crippen LogP contribution in [0, 0.1) is 10.8 Å². The van der Waals surface area contributed by atoms with Crippen molar-refractivity contribution < 1.29 is 4.43 Å². The Balaban J connectivity index is 2.54. The zero-order valence-electron chi connectivity index (χ0n) is 14.4. The number of benzene rings is 2. The Morgan fingerprint density at radius 3 is 1.88 bits per heavy atom. The van der Waals surface area contributed by atoms with Crippen molar-refractivity contribution in [2.45, 2.75) is 25.8 Å². The summed E-state index contributed by atoms with van der Waals surface area (Å²) < 4.78 is 6.68. The molecule has 0 aliphatic carbocycles. The molecule has 24 heavy (non-hydrogen) atoms. The molecule has 0 N–H and O–H groups in total. The molecule has 0 spiro atoms. The lowest BCUT2D eigenvalue weighted by atomic mass is 10.2. The number of hydrogen-bond donors (Lipinski definition) is 0. The van der Waals surface area contributed by atoms with Gasteiger partial charge in [0.25, 0.3) is 8.32 Å². The quantitative estimate of drug-likeness (QED) is 0.532. The van der Waals surface area contributed by atoms with Gasteiger partial charge in [-0.2, -0.15) is 0 Å². The van der Waals surface area contributed by atoms with Gasteiger partial charge in [0.2, 0.25) is 0 Å². The minimum atomic E-state index is -2.42. The molecule has 0 fully saturated rings. The Kier molecular flexibility index (Phi) is 6.62. The molecule has 2 aromatic rings. The molecule has 3 heteroatoms. The topological polar surface area (TPSA) is 9.23 Å². The highest BCUT2D eigenvalue weighted by Gasteiger charge is 2.49. The average Bonchev–Trinajstić information content (AvgIpc) is 2.59. The Labute approximate surface area is 155 Å². The summed E-state index contributed by atoms with van der Waals surface area (Å²) in [5, 5.41) is 2.59. The van der Waals surface area contributed by atoms with Crippen LogP contribution in [-0.2, 0) is 4.43 Å². The molecule has 0 heterocycles. The van der Waals surface area contributed by atoms with Gasteiger partial charge in [0.05, 0.1) is 6.61 Å². The van der Waals surface area contributed by atoms with E-state index in [1.165, 1.54) is 10.4 Å². The fourth-order valence-corrected chi connectivity index (χ4v) is 7.71. The summed E-state index contributed by atoms with van der Waals surface area (Å²) >= 11 is 3.10. The molecule has 0 amide bonds. The minimum Gasteiger partial charge on any atom is -0.404 e. The van der Waals surface area contributed by atoms with Crippen LogP contribution < -0.4 is 10.4 Å². The van der Waals surface area contributed by atoms with Crippen molar-refractivity contribution in [2.24, 2.45) is 0 Å². The summed E-state index contributed by atoms with van der Waals surface area (Å²) in [5.41, 5.74) is 0. The highest BCUT2D eigenvalue weighted by atomic mass is 79.9. The Morgan fingerprint density at radius 2 is 1.46 bits per heavy atom. The SMILES string of the molecule is CC(C)(C)[Si](OCC=CC#CBr)(c1ccccc1)c1ccccc1. The van der Waals surface area contributed by atoms with Crippen molar-refractivity contribution in [3.05, 3.63) is 72.8 Å². The molecule has 0 aliphatic rings. The maximum absolute atomic E-state index is 6.68. The van der Waals surface area contributed by atoms with Gasteiger partial charge in [-0.3, -0.25) is 0 Å². The van der Waals surface area contributed by atoms with Gasteiger partial charge in [0.15, 0.2) is 0 Å². The standard InChI is InChI=1S/C21H23BrOSi/c1-21(2,3)24(19-13-7-4-8-14-19,20-15-9-5-10-16-20)23-18-12-6-11-17-22/h4-10,12-16H,18H2,1-3H3. The van der Waals surface area contributed by atoms with Gasteiger partial charge in [-0.05, 0) is 26.3 Å². The first kappa shape index (κ1) is 18.7. The average molecular weight is 399 g/mol. The zero-order valence-corrected chi connectivity index (χ0v) is 17.0. The maximum atomic E-state index is 6.68. The fourth-order valence-electron chi connectivity index (χ4n) is 3.07. The van der Waals surface area contributed by atoms with Crippen molar-refractivity contribution in [1.29, 1.82) is 0 Å². The van der Waals surface area contributed by atoms with E-state index in [2.05, 4.69) is 108 Å². The second kappa shape index (κ2) is 8.48. The fraction of sp³-hybridized carbons (Fsp3) is 0.238. The summed E-state index contributed by atoms with van der Waals surface area (Å²) in [4.78, 5) is 2.69.